The lowest BCUT2D eigenvalue weighted by Crippen LogP contribution is -2.44. The summed E-state index contributed by atoms with van der Waals surface area (Å²) in [6, 6.07) is 12.2. The molecule has 0 bridgehead atoms. The molecule has 3 atom stereocenters. The summed E-state index contributed by atoms with van der Waals surface area (Å²) in [6.07, 6.45) is 3.50. The molecule has 5 nitrogen and oxygen atoms in total. The SMILES string of the molecule is CC[C@H](C)NC(=O)[C@H]1C[C@@H](C)N(Cc2ccn(C)c(=O)c2)c2ccccc21. The zero-order valence-electron chi connectivity index (χ0n) is 16.6. The molecule has 0 fully saturated rings. The Morgan fingerprint density at radius 2 is 2.04 bits per heavy atom. The summed E-state index contributed by atoms with van der Waals surface area (Å²) < 4.78 is 1.58. The van der Waals surface area contributed by atoms with Gasteiger partial charge in [0.15, 0.2) is 0 Å². The summed E-state index contributed by atoms with van der Waals surface area (Å²) >= 11 is 0. The van der Waals surface area contributed by atoms with Crippen molar-refractivity contribution in [2.45, 2.75) is 58.2 Å². The molecule has 2 heterocycles. The van der Waals surface area contributed by atoms with Gasteiger partial charge in [-0.1, -0.05) is 25.1 Å². The highest BCUT2D eigenvalue weighted by Gasteiger charge is 2.34. The number of hydrogen-bond acceptors (Lipinski definition) is 3. The predicted molar refractivity (Wildman–Crippen MR) is 109 cm³/mol. The summed E-state index contributed by atoms with van der Waals surface area (Å²) in [5.41, 5.74) is 3.14. The Morgan fingerprint density at radius 1 is 1.30 bits per heavy atom. The number of benzene rings is 1. The second-order valence-corrected chi connectivity index (χ2v) is 7.63. The van der Waals surface area contributed by atoms with Gasteiger partial charge in [-0.2, -0.15) is 0 Å². The number of aryl methyl sites for hydroxylation is 1. The minimum atomic E-state index is -0.134. The number of anilines is 1. The summed E-state index contributed by atoms with van der Waals surface area (Å²) in [7, 11) is 1.76. The molecular formula is C22H29N3O2. The van der Waals surface area contributed by atoms with E-state index in [0.29, 0.717) is 6.54 Å². The van der Waals surface area contributed by atoms with Crippen molar-refractivity contribution >= 4 is 11.6 Å². The van der Waals surface area contributed by atoms with Crippen molar-refractivity contribution in [2.75, 3.05) is 4.90 Å². The molecule has 1 aromatic carbocycles. The maximum atomic E-state index is 12.8. The van der Waals surface area contributed by atoms with E-state index in [1.54, 1.807) is 23.9 Å². The van der Waals surface area contributed by atoms with E-state index in [1.165, 1.54) is 0 Å². The van der Waals surface area contributed by atoms with Crippen LogP contribution < -0.4 is 15.8 Å². The van der Waals surface area contributed by atoms with Crippen molar-refractivity contribution in [3.8, 4) is 0 Å². The second kappa shape index (κ2) is 7.99. The van der Waals surface area contributed by atoms with Gasteiger partial charge in [0.25, 0.3) is 5.56 Å². The molecule has 0 spiro atoms. The first-order chi connectivity index (χ1) is 12.9. The number of nitrogens with one attached hydrogen (secondary N) is 1. The molecule has 1 aromatic heterocycles. The third kappa shape index (κ3) is 4.07. The molecule has 1 amide bonds. The predicted octanol–water partition coefficient (Wildman–Crippen LogP) is 3.18. The van der Waals surface area contributed by atoms with Gasteiger partial charge in [-0.25, -0.2) is 0 Å². The topological polar surface area (TPSA) is 54.3 Å². The van der Waals surface area contributed by atoms with Gasteiger partial charge in [-0.3, -0.25) is 9.59 Å². The first-order valence-electron chi connectivity index (χ1n) is 9.72. The van der Waals surface area contributed by atoms with Crippen LogP contribution in [0.25, 0.3) is 0 Å². The molecule has 0 saturated heterocycles. The van der Waals surface area contributed by atoms with Gasteiger partial charge in [-0.15, -0.1) is 0 Å². The second-order valence-electron chi connectivity index (χ2n) is 7.63. The lowest BCUT2D eigenvalue weighted by molar-refractivity contribution is -0.123. The Morgan fingerprint density at radius 3 is 2.74 bits per heavy atom. The Balaban J connectivity index is 1.90. The van der Waals surface area contributed by atoms with Crippen molar-refractivity contribution in [2.24, 2.45) is 7.05 Å². The monoisotopic (exact) mass is 367 g/mol. The van der Waals surface area contributed by atoms with E-state index < -0.39 is 0 Å². The minimum absolute atomic E-state index is 0.00347. The standard InChI is InChI=1S/C22H29N3O2/c1-5-15(2)23-22(27)19-12-16(3)25(20-9-7-6-8-18(19)20)14-17-10-11-24(4)21(26)13-17/h6-11,13,15-16,19H,5,12,14H2,1-4H3,(H,23,27)/t15-,16+,19-/m0/s1. The Bertz CT molecular complexity index is 874. The minimum Gasteiger partial charge on any atom is -0.364 e. The third-order valence-corrected chi connectivity index (χ3v) is 5.57. The van der Waals surface area contributed by atoms with Crippen molar-refractivity contribution < 1.29 is 4.79 Å². The smallest absolute Gasteiger partial charge is 0.250 e. The fourth-order valence-electron chi connectivity index (χ4n) is 3.70. The van der Waals surface area contributed by atoms with Crippen LogP contribution in [0, 0.1) is 0 Å². The summed E-state index contributed by atoms with van der Waals surface area (Å²) in [5, 5.41) is 3.14. The van der Waals surface area contributed by atoms with Gasteiger partial charge >= 0.3 is 0 Å². The zero-order valence-corrected chi connectivity index (χ0v) is 16.6. The molecule has 0 radical (unpaired) electrons. The lowest BCUT2D eigenvalue weighted by Gasteiger charge is -2.40. The van der Waals surface area contributed by atoms with E-state index in [4.69, 9.17) is 0 Å². The fraction of sp³-hybridized carbons (Fsp3) is 0.455. The Kier molecular flexibility index (Phi) is 5.68. The highest BCUT2D eigenvalue weighted by Crippen LogP contribution is 2.39. The number of fused-ring (bicyclic) bond motifs is 1. The molecule has 3 rings (SSSR count). The van der Waals surface area contributed by atoms with Crippen LogP contribution in [0.5, 0.6) is 0 Å². The van der Waals surface area contributed by atoms with Crippen LogP contribution in [-0.4, -0.2) is 22.6 Å². The summed E-state index contributed by atoms with van der Waals surface area (Å²) in [6.45, 7) is 6.93. The van der Waals surface area contributed by atoms with Crippen LogP contribution in [0.2, 0.25) is 0 Å². The van der Waals surface area contributed by atoms with Gasteiger partial charge in [0.05, 0.1) is 5.92 Å². The van der Waals surface area contributed by atoms with Gasteiger partial charge in [0.2, 0.25) is 5.91 Å². The highest BCUT2D eigenvalue weighted by atomic mass is 16.2. The molecule has 27 heavy (non-hydrogen) atoms. The molecule has 0 aliphatic carbocycles. The van der Waals surface area contributed by atoms with E-state index >= 15 is 0 Å². The number of aromatic nitrogens is 1. The average Bonchev–Trinajstić information content (AvgIpc) is 2.66. The van der Waals surface area contributed by atoms with Crippen LogP contribution >= 0.6 is 0 Å². The molecule has 5 heteroatoms. The van der Waals surface area contributed by atoms with Crippen LogP contribution in [-0.2, 0) is 18.4 Å². The number of amides is 1. The maximum Gasteiger partial charge on any atom is 0.250 e. The number of para-hydroxylation sites is 1. The Labute approximate surface area is 161 Å². The Hall–Kier alpha value is -2.56. The molecular weight excluding hydrogens is 338 g/mol. The molecule has 1 N–H and O–H groups in total. The van der Waals surface area contributed by atoms with Crippen molar-refractivity contribution in [1.82, 2.24) is 9.88 Å². The van der Waals surface area contributed by atoms with E-state index in [9.17, 15) is 9.59 Å². The number of carbonyl (C=O) groups is 1. The van der Waals surface area contributed by atoms with Gasteiger partial charge in [0.1, 0.15) is 0 Å². The van der Waals surface area contributed by atoms with E-state index in [0.717, 1.165) is 29.7 Å². The van der Waals surface area contributed by atoms with Gasteiger partial charge < -0.3 is 14.8 Å². The van der Waals surface area contributed by atoms with Crippen molar-refractivity contribution in [3.63, 3.8) is 0 Å². The quantitative estimate of drug-likeness (QED) is 0.883. The van der Waals surface area contributed by atoms with Crippen LogP contribution in [0.4, 0.5) is 5.69 Å². The number of carbonyl (C=O) groups excluding carboxylic acids is 1. The fourth-order valence-corrected chi connectivity index (χ4v) is 3.70. The number of pyridine rings is 1. The van der Waals surface area contributed by atoms with Crippen molar-refractivity contribution in [1.29, 1.82) is 0 Å². The maximum absolute atomic E-state index is 12.8. The third-order valence-electron chi connectivity index (χ3n) is 5.57. The van der Waals surface area contributed by atoms with Crippen LogP contribution in [0.3, 0.4) is 0 Å². The zero-order chi connectivity index (χ0) is 19.6. The van der Waals surface area contributed by atoms with Crippen molar-refractivity contribution in [3.05, 3.63) is 64.1 Å². The first kappa shape index (κ1) is 19.2. The molecule has 1 aliphatic heterocycles. The summed E-state index contributed by atoms with van der Waals surface area (Å²) in [5.74, 6) is -0.0260. The average molecular weight is 367 g/mol. The van der Waals surface area contributed by atoms with Gasteiger partial charge in [-0.05, 0) is 49.9 Å². The molecule has 144 valence electrons. The largest absolute Gasteiger partial charge is 0.364 e. The molecule has 1 aliphatic rings. The normalized spacial score (nSPS) is 20.1. The van der Waals surface area contributed by atoms with E-state index in [1.807, 2.05) is 25.1 Å². The van der Waals surface area contributed by atoms with E-state index in [-0.39, 0.29) is 29.5 Å². The molecule has 0 saturated carbocycles. The molecule has 0 unspecified atom stereocenters. The first-order valence-corrected chi connectivity index (χ1v) is 9.72. The highest BCUT2D eigenvalue weighted by molar-refractivity contribution is 5.87. The lowest BCUT2D eigenvalue weighted by atomic mass is 9.85. The van der Waals surface area contributed by atoms with Gasteiger partial charge in [0, 0.05) is 43.6 Å². The number of hydrogen-bond donors (Lipinski definition) is 1. The van der Waals surface area contributed by atoms with E-state index in [2.05, 4.69) is 36.2 Å². The number of nitrogens with zero attached hydrogens (tertiary/aromatic N) is 2. The molecule has 2 aromatic rings. The number of rotatable bonds is 5. The van der Waals surface area contributed by atoms with Crippen LogP contribution in [0.1, 0.15) is 50.7 Å². The van der Waals surface area contributed by atoms with Crippen LogP contribution in [0.15, 0.2) is 47.4 Å². The summed E-state index contributed by atoms with van der Waals surface area (Å²) in [4.78, 5) is 27.1.